The lowest BCUT2D eigenvalue weighted by atomic mass is 10.0. The van der Waals surface area contributed by atoms with Crippen molar-refractivity contribution < 1.29 is 14.7 Å². The first-order chi connectivity index (χ1) is 13.2. The van der Waals surface area contributed by atoms with Gasteiger partial charge < -0.3 is 32.9 Å². The Kier molecular flexibility index (Phi) is 6.85. The molecular formula is C18H25N7O3. The third-order valence-electron chi connectivity index (χ3n) is 3.91. The maximum Gasteiger partial charge on any atom is 0.271 e. The number of amides is 2. The molecule has 10 nitrogen and oxygen atoms in total. The van der Waals surface area contributed by atoms with E-state index in [-0.39, 0.29) is 17.4 Å². The van der Waals surface area contributed by atoms with Crippen molar-refractivity contribution in [1.29, 1.82) is 0 Å². The van der Waals surface area contributed by atoms with Crippen LogP contribution in [0.4, 0.5) is 17.3 Å². The molecule has 1 aromatic carbocycles. The lowest BCUT2D eigenvalue weighted by molar-refractivity contribution is 0.0989. The van der Waals surface area contributed by atoms with Gasteiger partial charge in [-0.05, 0) is 36.6 Å². The van der Waals surface area contributed by atoms with Gasteiger partial charge in [-0.2, -0.15) is 0 Å². The van der Waals surface area contributed by atoms with Crippen molar-refractivity contribution in [3.05, 3.63) is 41.7 Å². The van der Waals surface area contributed by atoms with E-state index in [1.54, 1.807) is 12.1 Å². The van der Waals surface area contributed by atoms with E-state index >= 15 is 0 Å². The van der Waals surface area contributed by atoms with E-state index in [4.69, 9.17) is 17.2 Å². The Hall–Kier alpha value is -3.24. The topological polar surface area (TPSA) is 182 Å². The molecular weight excluding hydrogens is 362 g/mol. The van der Waals surface area contributed by atoms with E-state index in [2.05, 4.69) is 20.6 Å². The van der Waals surface area contributed by atoms with E-state index in [0.29, 0.717) is 23.5 Å². The number of aromatic nitrogens is 2. The van der Waals surface area contributed by atoms with Crippen LogP contribution in [0.1, 0.15) is 41.1 Å². The molecule has 0 spiro atoms. The number of benzene rings is 1. The summed E-state index contributed by atoms with van der Waals surface area (Å²) in [6, 6.07) is 5.84. The Labute approximate surface area is 162 Å². The number of primary amides is 2. The molecule has 0 fully saturated rings. The summed E-state index contributed by atoms with van der Waals surface area (Å²) in [5.74, 6) is -0.578. The molecule has 0 saturated heterocycles. The summed E-state index contributed by atoms with van der Waals surface area (Å²) in [6.07, 6.45) is 0.851. The Bertz CT molecular complexity index is 838. The van der Waals surface area contributed by atoms with Gasteiger partial charge in [-0.3, -0.25) is 9.59 Å². The zero-order valence-electron chi connectivity index (χ0n) is 15.7. The van der Waals surface area contributed by atoms with Crippen LogP contribution in [0.15, 0.2) is 30.5 Å². The third-order valence-corrected chi connectivity index (χ3v) is 3.91. The van der Waals surface area contributed by atoms with Crippen molar-refractivity contribution in [2.75, 3.05) is 10.6 Å². The zero-order chi connectivity index (χ0) is 20.8. The summed E-state index contributed by atoms with van der Waals surface area (Å²) in [5, 5.41) is 15.7. The van der Waals surface area contributed by atoms with Gasteiger partial charge in [0, 0.05) is 11.3 Å². The molecule has 0 aliphatic heterocycles. The fourth-order valence-electron chi connectivity index (χ4n) is 2.56. The minimum atomic E-state index is -1.10. The number of carbonyl (C=O) groups is 2. The number of nitrogens with zero attached hydrogens (tertiary/aromatic N) is 2. The summed E-state index contributed by atoms with van der Waals surface area (Å²) in [4.78, 5) is 31.2. The summed E-state index contributed by atoms with van der Waals surface area (Å²) in [7, 11) is 0. The van der Waals surface area contributed by atoms with Crippen LogP contribution >= 0.6 is 0 Å². The van der Waals surface area contributed by atoms with Crippen LogP contribution in [0.25, 0.3) is 0 Å². The molecule has 9 N–H and O–H groups in total. The number of rotatable bonds is 9. The van der Waals surface area contributed by atoms with E-state index < -0.39 is 24.1 Å². The van der Waals surface area contributed by atoms with Crippen LogP contribution in [0.3, 0.4) is 0 Å². The SMILES string of the molecule is CC(C)CC(Nc1cnc(C(N)=O)c(Nc2ccc(C(N)=O)cc2)n1)C(N)O. The van der Waals surface area contributed by atoms with Crippen LogP contribution in [-0.4, -0.2) is 39.2 Å². The van der Waals surface area contributed by atoms with E-state index in [9.17, 15) is 14.7 Å². The number of hydrogen-bond acceptors (Lipinski definition) is 8. The third kappa shape index (κ3) is 5.63. The minimum Gasteiger partial charge on any atom is -0.377 e. The molecule has 0 aliphatic rings. The van der Waals surface area contributed by atoms with Crippen molar-refractivity contribution in [3.63, 3.8) is 0 Å². The van der Waals surface area contributed by atoms with Crippen molar-refractivity contribution in [2.24, 2.45) is 23.1 Å². The highest BCUT2D eigenvalue weighted by molar-refractivity contribution is 5.96. The summed E-state index contributed by atoms with van der Waals surface area (Å²) >= 11 is 0. The first-order valence-corrected chi connectivity index (χ1v) is 8.71. The molecule has 0 radical (unpaired) electrons. The molecule has 2 unspecified atom stereocenters. The average molecular weight is 387 g/mol. The first-order valence-electron chi connectivity index (χ1n) is 8.71. The summed E-state index contributed by atoms with van der Waals surface area (Å²) < 4.78 is 0. The van der Waals surface area contributed by atoms with Crippen LogP contribution < -0.4 is 27.8 Å². The molecule has 150 valence electrons. The number of nitrogens with two attached hydrogens (primary N) is 3. The van der Waals surface area contributed by atoms with Gasteiger partial charge in [0.15, 0.2) is 11.5 Å². The van der Waals surface area contributed by atoms with Crippen LogP contribution in [-0.2, 0) is 0 Å². The molecule has 0 bridgehead atoms. The predicted molar refractivity (Wildman–Crippen MR) is 106 cm³/mol. The van der Waals surface area contributed by atoms with Crippen LogP contribution in [0.5, 0.6) is 0 Å². The molecule has 10 heteroatoms. The largest absolute Gasteiger partial charge is 0.377 e. The zero-order valence-corrected chi connectivity index (χ0v) is 15.7. The quantitative estimate of drug-likeness (QED) is 0.336. The Morgan fingerprint density at radius 1 is 1.14 bits per heavy atom. The Balaban J connectivity index is 2.29. The summed E-state index contributed by atoms with van der Waals surface area (Å²) in [6.45, 7) is 4.00. The molecule has 0 aliphatic carbocycles. The number of hydrogen-bond donors (Lipinski definition) is 6. The lowest BCUT2D eigenvalue weighted by Gasteiger charge is -2.23. The molecule has 2 atom stereocenters. The molecule has 1 heterocycles. The van der Waals surface area contributed by atoms with Gasteiger partial charge in [0.05, 0.1) is 12.2 Å². The fourth-order valence-corrected chi connectivity index (χ4v) is 2.56. The van der Waals surface area contributed by atoms with Crippen LogP contribution in [0, 0.1) is 5.92 Å². The van der Waals surface area contributed by atoms with E-state index in [0.717, 1.165) is 0 Å². The standard InChI is InChI=1S/C18H25N7O3/c1-9(2)7-12(16(20)27)24-13-8-22-14(17(21)28)18(25-13)23-11-5-3-10(4-6-11)15(19)26/h3-6,8-9,12,16,27H,7,20H2,1-2H3,(H2,19,26)(H2,21,28)(H2,23,24,25). The molecule has 1 aromatic heterocycles. The van der Waals surface area contributed by atoms with Crippen LogP contribution in [0.2, 0.25) is 0 Å². The van der Waals surface area contributed by atoms with Gasteiger partial charge in [-0.15, -0.1) is 0 Å². The predicted octanol–water partition coefficient (Wildman–Crippen LogP) is 0.522. The minimum absolute atomic E-state index is 0.0572. The second-order valence-corrected chi connectivity index (χ2v) is 6.75. The number of nitrogens with one attached hydrogen (secondary N) is 2. The van der Waals surface area contributed by atoms with Gasteiger partial charge in [-0.1, -0.05) is 13.8 Å². The molecule has 2 aromatic rings. The van der Waals surface area contributed by atoms with E-state index in [1.165, 1.54) is 18.3 Å². The Morgan fingerprint density at radius 3 is 2.29 bits per heavy atom. The number of aliphatic hydroxyl groups excluding tert-OH is 1. The molecule has 28 heavy (non-hydrogen) atoms. The van der Waals surface area contributed by atoms with Crippen molar-refractivity contribution >= 4 is 29.1 Å². The van der Waals surface area contributed by atoms with Gasteiger partial charge in [0.1, 0.15) is 12.0 Å². The van der Waals surface area contributed by atoms with Crippen molar-refractivity contribution in [3.8, 4) is 0 Å². The second kappa shape index (κ2) is 9.11. The van der Waals surface area contributed by atoms with Gasteiger partial charge in [-0.25, -0.2) is 9.97 Å². The number of anilines is 3. The average Bonchev–Trinajstić information content (AvgIpc) is 2.61. The van der Waals surface area contributed by atoms with Gasteiger partial charge in [0.2, 0.25) is 5.91 Å². The summed E-state index contributed by atoms with van der Waals surface area (Å²) in [5.41, 5.74) is 17.1. The fraction of sp³-hybridized carbons (Fsp3) is 0.333. The normalized spacial score (nSPS) is 13.0. The highest BCUT2D eigenvalue weighted by Gasteiger charge is 2.19. The number of aliphatic hydroxyl groups is 1. The Morgan fingerprint density at radius 2 is 1.79 bits per heavy atom. The second-order valence-electron chi connectivity index (χ2n) is 6.75. The van der Waals surface area contributed by atoms with Crippen molar-refractivity contribution in [1.82, 2.24) is 9.97 Å². The lowest BCUT2D eigenvalue weighted by Crippen LogP contribution is -2.41. The molecule has 0 saturated carbocycles. The number of carbonyl (C=O) groups excluding carboxylic acids is 2. The van der Waals surface area contributed by atoms with Gasteiger partial charge in [0.25, 0.3) is 5.91 Å². The maximum atomic E-state index is 11.7. The first kappa shape index (κ1) is 21.1. The monoisotopic (exact) mass is 387 g/mol. The molecule has 2 amide bonds. The highest BCUT2D eigenvalue weighted by Crippen LogP contribution is 2.21. The van der Waals surface area contributed by atoms with Crippen molar-refractivity contribution in [2.45, 2.75) is 32.5 Å². The smallest absolute Gasteiger partial charge is 0.271 e. The highest BCUT2D eigenvalue weighted by atomic mass is 16.3. The molecule has 2 rings (SSSR count). The van der Waals surface area contributed by atoms with E-state index in [1.807, 2.05) is 13.8 Å². The maximum absolute atomic E-state index is 11.7. The van der Waals surface area contributed by atoms with Gasteiger partial charge >= 0.3 is 0 Å².